The molecule has 6 nitrogen and oxygen atoms in total. The number of unbranched alkanes of at least 4 members (excludes halogenated alkanes) is 41. The summed E-state index contributed by atoms with van der Waals surface area (Å²) in [5, 5.41) is 0. The Morgan fingerprint density at radius 1 is 0.263 bits per heavy atom. The predicted molar refractivity (Wildman–Crippen MR) is 348 cm³/mol. The van der Waals surface area contributed by atoms with Gasteiger partial charge in [0.25, 0.3) is 0 Å². The van der Waals surface area contributed by atoms with Gasteiger partial charge in [-0.2, -0.15) is 0 Å². The quantitative estimate of drug-likeness (QED) is 0.0261. The average Bonchev–Trinajstić information content (AvgIpc) is 3.46. The summed E-state index contributed by atoms with van der Waals surface area (Å²) < 4.78 is 16.9. The van der Waals surface area contributed by atoms with Gasteiger partial charge in [0.15, 0.2) is 6.10 Å². The van der Waals surface area contributed by atoms with E-state index in [1.165, 1.54) is 225 Å². The number of hydrogen-bond acceptors (Lipinski definition) is 6. The molecule has 464 valence electrons. The van der Waals surface area contributed by atoms with Gasteiger partial charge < -0.3 is 14.2 Å². The van der Waals surface area contributed by atoms with E-state index in [4.69, 9.17) is 14.2 Å². The van der Waals surface area contributed by atoms with E-state index in [0.29, 0.717) is 19.3 Å². The molecule has 0 spiro atoms. The Hall–Kier alpha value is -3.15. The van der Waals surface area contributed by atoms with Crippen LogP contribution in [0.1, 0.15) is 361 Å². The van der Waals surface area contributed by atoms with Crippen LogP contribution in [0.25, 0.3) is 0 Å². The Morgan fingerprint density at radius 3 is 0.775 bits per heavy atom. The smallest absolute Gasteiger partial charge is 0.306 e. The molecule has 0 aliphatic rings. The number of rotatable bonds is 64. The molecule has 0 fully saturated rings. The molecule has 0 radical (unpaired) electrons. The van der Waals surface area contributed by atoms with E-state index in [1.54, 1.807) is 0 Å². The van der Waals surface area contributed by atoms with E-state index in [2.05, 4.69) is 93.7 Å². The lowest BCUT2D eigenvalue weighted by Gasteiger charge is -2.18. The minimum atomic E-state index is -0.775. The summed E-state index contributed by atoms with van der Waals surface area (Å²) in [6.45, 7) is 6.56. The predicted octanol–water partition coefficient (Wildman–Crippen LogP) is 24.1. The topological polar surface area (TPSA) is 78.9 Å². The number of ether oxygens (including phenoxy) is 3. The Morgan fingerprint density at radius 2 is 0.487 bits per heavy atom. The van der Waals surface area contributed by atoms with Crippen LogP contribution in [0, 0.1) is 0 Å². The maximum atomic E-state index is 12.9. The second-order valence-electron chi connectivity index (χ2n) is 23.4. The maximum absolute atomic E-state index is 12.9. The molecule has 0 heterocycles. The van der Waals surface area contributed by atoms with Crippen LogP contribution >= 0.6 is 0 Å². The van der Waals surface area contributed by atoms with E-state index in [1.807, 2.05) is 0 Å². The molecule has 0 saturated heterocycles. The van der Waals surface area contributed by atoms with Gasteiger partial charge in [0.2, 0.25) is 0 Å². The molecule has 6 heteroatoms. The van der Waals surface area contributed by atoms with Crippen molar-refractivity contribution in [2.75, 3.05) is 13.2 Å². The van der Waals surface area contributed by atoms with Crippen LogP contribution in [0.15, 0.2) is 72.9 Å². The molecule has 1 atom stereocenters. The lowest BCUT2D eigenvalue weighted by Crippen LogP contribution is -2.30. The van der Waals surface area contributed by atoms with Gasteiger partial charge in [0.1, 0.15) is 13.2 Å². The first-order chi connectivity index (χ1) is 39.5. The lowest BCUT2D eigenvalue weighted by atomic mass is 10.0. The number of allylic oxidation sites excluding steroid dienone is 12. The van der Waals surface area contributed by atoms with E-state index in [0.717, 1.165) is 96.3 Å². The third-order valence-corrected chi connectivity index (χ3v) is 15.4. The Bertz CT molecular complexity index is 1470. The minimum absolute atomic E-state index is 0.0719. The minimum Gasteiger partial charge on any atom is -0.462 e. The molecule has 0 N–H and O–H groups in total. The van der Waals surface area contributed by atoms with Crippen molar-refractivity contribution >= 4 is 17.9 Å². The molecule has 0 amide bonds. The Balaban J connectivity index is 4.08. The third kappa shape index (κ3) is 65.7. The normalized spacial score (nSPS) is 12.5. The standard InChI is InChI=1S/C74H132O6/c1-4-7-10-13-16-19-22-25-27-28-29-30-31-32-33-34-35-36-37-38-39-40-41-42-43-44-45-46-48-49-52-55-58-61-64-67-73(76)79-70-71(69-78-72(75)66-63-60-57-54-51-24-21-18-15-12-9-6-3)80-74(77)68-65-62-59-56-53-50-47-26-23-20-17-14-11-8-5-2/h7,10,16,19,25-27,29-30,32-33,47,71H,4-6,8-9,11-15,17-18,20-24,28,31,34-46,48-70H2,1-3H3/b10-7-,19-16-,27-25-,30-29-,33-32-,47-26-. The summed E-state index contributed by atoms with van der Waals surface area (Å²) in [5.41, 5.74) is 0. The summed E-state index contributed by atoms with van der Waals surface area (Å²) in [6.07, 6.45) is 89.4. The monoisotopic (exact) mass is 1120 g/mol. The van der Waals surface area contributed by atoms with Gasteiger partial charge in [0, 0.05) is 19.3 Å². The van der Waals surface area contributed by atoms with E-state index < -0.39 is 6.10 Å². The average molecular weight is 1120 g/mol. The van der Waals surface area contributed by atoms with Crippen molar-refractivity contribution in [1.29, 1.82) is 0 Å². The summed E-state index contributed by atoms with van der Waals surface area (Å²) >= 11 is 0. The number of esters is 3. The fourth-order valence-corrected chi connectivity index (χ4v) is 10.2. The van der Waals surface area contributed by atoms with Gasteiger partial charge in [-0.25, -0.2) is 0 Å². The molecule has 0 aromatic carbocycles. The van der Waals surface area contributed by atoms with Crippen molar-refractivity contribution in [2.24, 2.45) is 0 Å². The highest BCUT2D eigenvalue weighted by Crippen LogP contribution is 2.18. The number of carbonyl (C=O) groups excluding carboxylic acids is 3. The second-order valence-corrected chi connectivity index (χ2v) is 23.4. The van der Waals surface area contributed by atoms with Gasteiger partial charge in [0.05, 0.1) is 0 Å². The van der Waals surface area contributed by atoms with Crippen LogP contribution in [0.4, 0.5) is 0 Å². The fourth-order valence-electron chi connectivity index (χ4n) is 10.2. The third-order valence-electron chi connectivity index (χ3n) is 15.4. The first-order valence-electron chi connectivity index (χ1n) is 34.9. The lowest BCUT2D eigenvalue weighted by molar-refractivity contribution is -0.167. The molecule has 0 aromatic heterocycles. The van der Waals surface area contributed by atoms with Crippen LogP contribution in [0.5, 0.6) is 0 Å². The van der Waals surface area contributed by atoms with E-state index in [9.17, 15) is 14.4 Å². The summed E-state index contributed by atoms with van der Waals surface area (Å²) in [5.74, 6) is -0.859. The summed E-state index contributed by atoms with van der Waals surface area (Å²) in [7, 11) is 0. The zero-order chi connectivity index (χ0) is 57.8. The van der Waals surface area contributed by atoms with E-state index >= 15 is 0 Å². The van der Waals surface area contributed by atoms with Crippen molar-refractivity contribution in [3.63, 3.8) is 0 Å². The second kappa shape index (κ2) is 68.3. The first-order valence-corrected chi connectivity index (χ1v) is 34.9. The molecule has 0 aliphatic carbocycles. The van der Waals surface area contributed by atoms with Gasteiger partial charge in [-0.05, 0) is 89.9 Å². The van der Waals surface area contributed by atoms with Crippen LogP contribution < -0.4 is 0 Å². The largest absolute Gasteiger partial charge is 0.462 e. The van der Waals surface area contributed by atoms with Gasteiger partial charge in [-0.1, -0.05) is 325 Å². The molecule has 1 unspecified atom stereocenters. The van der Waals surface area contributed by atoms with Crippen LogP contribution in [-0.4, -0.2) is 37.2 Å². The summed E-state index contributed by atoms with van der Waals surface area (Å²) in [6, 6.07) is 0. The van der Waals surface area contributed by atoms with Crippen LogP contribution in [0.2, 0.25) is 0 Å². The zero-order valence-electron chi connectivity index (χ0n) is 53.3. The maximum Gasteiger partial charge on any atom is 0.306 e. The molecule has 0 aliphatic heterocycles. The van der Waals surface area contributed by atoms with Gasteiger partial charge >= 0.3 is 17.9 Å². The van der Waals surface area contributed by atoms with Crippen molar-refractivity contribution in [1.82, 2.24) is 0 Å². The van der Waals surface area contributed by atoms with Crippen LogP contribution in [-0.2, 0) is 28.6 Å². The zero-order valence-corrected chi connectivity index (χ0v) is 53.3. The highest BCUT2D eigenvalue weighted by Gasteiger charge is 2.19. The number of hydrogen-bond donors (Lipinski definition) is 0. The molecule has 0 aromatic rings. The highest BCUT2D eigenvalue weighted by atomic mass is 16.6. The Kier molecular flexibility index (Phi) is 65.7. The van der Waals surface area contributed by atoms with Crippen LogP contribution in [0.3, 0.4) is 0 Å². The Labute approximate surface area is 497 Å². The number of carbonyl (C=O) groups is 3. The summed E-state index contributed by atoms with van der Waals surface area (Å²) in [4.78, 5) is 38.3. The molecule has 0 saturated carbocycles. The van der Waals surface area contributed by atoms with Crippen molar-refractivity contribution in [2.45, 2.75) is 367 Å². The first kappa shape index (κ1) is 76.9. The molecule has 80 heavy (non-hydrogen) atoms. The molecule has 0 bridgehead atoms. The highest BCUT2D eigenvalue weighted by molar-refractivity contribution is 5.71. The van der Waals surface area contributed by atoms with Gasteiger partial charge in [-0.3, -0.25) is 14.4 Å². The van der Waals surface area contributed by atoms with Gasteiger partial charge in [-0.15, -0.1) is 0 Å². The van der Waals surface area contributed by atoms with Crippen molar-refractivity contribution < 1.29 is 28.6 Å². The van der Waals surface area contributed by atoms with Crippen molar-refractivity contribution in [3.05, 3.63) is 72.9 Å². The molecular formula is C74H132O6. The van der Waals surface area contributed by atoms with E-state index in [-0.39, 0.29) is 31.1 Å². The van der Waals surface area contributed by atoms with Crippen molar-refractivity contribution in [3.8, 4) is 0 Å². The SMILES string of the molecule is CC/C=C\C/C=C\C/C=C\C/C=C\C/C=C\CCCCCCCCCCCCCCCCCCCCCC(=O)OCC(COC(=O)CCCCCCCCCCCCCC)OC(=O)CCCCCCC/C=C\CCCCCCCC. The molecular weight excluding hydrogens is 985 g/mol. The fraction of sp³-hybridized carbons (Fsp3) is 0.797. The molecule has 0 rings (SSSR count).